The highest BCUT2D eigenvalue weighted by Gasteiger charge is 2.24. The highest BCUT2D eigenvalue weighted by Crippen LogP contribution is 2.24. The Hall–Kier alpha value is -3.41. The van der Waals surface area contributed by atoms with Crippen molar-refractivity contribution in [3.05, 3.63) is 70.9 Å². The molecule has 144 valence electrons. The number of rotatable bonds is 5. The van der Waals surface area contributed by atoms with Gasteiger partial charge in [0.05, 0.1) is 0 Å². The predicted molar refractivity (Wildman–Crippen MR) is 107 cm³/mol. The fourth-order valence-electron chi connectivity index (χ4n) is 2.62. The summed E-state index contributed by atoms with van der Waals surface area (Å²) < 4.78 is 10.5. The Morgan fingerprint density at radius 2 is 1.75 bits per heavy atom. The van der Waals surface area contributed by atoms with Crippen LogP contribution >= 0.6 is 0 Å². The molecule has 2 aromatic carbocycles. The molecule has 0 atom stereocenters. The van der Waals surface area contributed by atoms with Crippen molar-refractivity contribution in [2.24, 2.45) is 10.7 Å². The van der Waals surface area contributed by atoms with Crippen LogP contribution < -0.4 is 10.5 Å². The van der Waals surface area contributed by atoms with E-state index in [9.17, 15) is 9.59 Å². The van der Waals surface area contributed by atoms with Crippen molar-refractivity contribution in [2.75, 3.05) is 6.61 Å². The lowest BCUT2D eigenvalue weighted by Gasteiger charge is -2.18. The molecule has 28 heavy (non-hydrogen) atoms. The predicted octanol–water partition coefficient (Wildman–Crippen LogP) is 3.19. The number of benzene rings is 2. The van der Waals surface area contributed by atoms with Crippen molar-refractivity contribution in [1.29, 1.82) is 0 Å². The average molecular weight is 378 g/mol. The molecule has 1 amide bonds. The van der Waals surface area contributed by atoms with Crippen molar-refractivity contribution < 1.29 is 19.1 Å². The molecule has 0 bridgehead atoms. The second-order valence-electron chi connectivity index (χ2n) is 7.49. The molecule has 0 aliphatic carbocycles. The molecular formula is C22H22N2O4. The molecule has 0 spiro atoms. The van der Waals surface area contributed by atoms with Gasteiger partial charge in [-0.15, -0.1) is 0 Å². The van der Waals surface area contributed by atoms with E-state index in [4.69, 9.17) is 15.2 Å². The van der Waals surface area contributed by atoms with Crippen molar-refractivity contribution in [3.8, 4) is 5.75 Å². The number of carbonyl (C=O) groups excluding carboxylic acids is 2. The van der Waals surface area contributed by atoms with E-state index < -0.39 is 11.9 Å². The van der Waals surface area contributed by atoms with Crippen molar-refractivity contribution >= 4 is 23.9 Å². The number of cyclic esters (lactones) is 1. The summed E-state index contributed by atoms with van der Waals surface area (Å²) in [6, 6.07) is 14.7. The molecule has 0 saturated carbocycles. The van der Waals surface area contributed by atoms with Crippen LogP contribution in [0.2, 0.25) is 0 Å². The molecule has 0 saturated heterocycles. The lowest BCUT2D eigenvalue weighted by molar-refractivity contribution is -0.130. The monoisotopic (exact) mass is 378 g/mol. The van der Waals surface area contributed by atoms with Crippen molar-refractivity contribution in [2.45, 2.75) is 26.2 Å². The summed E-state index contributed by atoms with van der Waals surface area (Å²) in [7, 11) is 0. The number of esters is 1. The van der Waals surface area contributed by atoms with E-state index in [1.54, 1.807) is 30.3 Å². The zero-order chi connectivity index (χ0) is 20.3. The van der Waals surface area contributed by atoms with E-state index >= 15 is 0 Å². The molecule has 6 nitrogen and oxygen atoms in total. The fourth-order valence-corrected chi connectivity index (χ4v) is 2.62. The Morgan fingerprint density at radius 3 is 2.32 bits per heavy atom. The number of carbonyl (C=O) groups is 2. The number of amides is 1. The number of nitrogens with two attached hydrogens (primary N) is 1. The lowest BCUT2D eigenvalue weighted by Crippen LogP contribution is -2.19. The first-order valence-corrected chi connectivity index (χ1v) is 8.87. The van der Waals surface area contributed by atoms with Gasteiger partial charge in [-0.2, -0.15) is 0 Å². The molecular weight excluding hydrogens is 356 g/mol. The molecule has 0 radical (unpaired) electrons. The smallest absolute Gasteiger partial charge is 0.363 e. The van der Waals surface area contributed by atoms with Crippen LogP contribution in [-0.4, -0.2) is 24.4 Å². The molecule has 0 fully saturated rings. The Labute approximate surface area is 163 Å². The van der Waals surface area contributed by atoms with Crippen LogP contribution in [0.1, 0.15) is 37.5 Å². The summed E-state index contributed by atoms with van der Waals surface area (Å²) in [5.41, 5.74) is 8.01. The van der Waals surface area contributed by atoms with Crippen LogP contribution in [0, 0.1) is 0 Å². The van der Waals surface area contributed by atoms with E-state index in [1.165, 1.54) is 5.56 Å². The van der Waals surface area contributed by atoms with E-state index in [2.05, 4.69) is 25.8 Å². The maximum absolute atomic E-state index is 12.2. The number of primary amides is 1. The third-order valence-corrected chi connectivity index (χ3v) is 4.18. The molecule has 2 N–H and O–H groups in total. The molecule has 1 aliphatic heterocycles. The Bertz CT molecular complexity index is 950. The van der Waals surface area contributed by atoms with Gasteiger partial charge >= 0.3 is 5.97 Å². The largest absolute Gasteiger partial charge is 0.484 e. The van der Waals surface area contributed by atoms with Gasteiger partial charge in [0.2, 0.25) is 5.90 Å². The molecule has 6 heteroatoms. The van der Waals surface area contributed by atoms with Crippen LogP contribution in [0.3, 0.4) is 0 Å². The third kappa shape index (κ3) is 4.65. The Balaban J connectivity index is 1.77. The quantitative estimate of drug-likeness (QED) is 0.639. The SMILES string of the molecule is CC(C)(C)c1ccc(C2=N/C(=C\c3ccc(OCC(N)=O)cc3)C(=O)O2)cc1. The standard InChI is InChI=1S/C22H22N2O4/c1-22(2,3)16-8-6-15(7-9-16)20-24-18(21(26)28-20)12-14-4-10-17(11-5-14)27-13-19(23)25/h4-12H,13H2,1-3H3,(H2,23,25)/b18-12-. The Morgan fingerprint density at radius 1 is 1.11 bits per heavy atom. The maximum Gasteiger partial charge on any atom is 0.363 e. The van der Waals surface area contributed by atoms with Gasteiger partial charge in [-0.05, 0) is 46.9 Å². The summed E-state index contributed by atoms with van der Waals surface area (Å²) in [5, 5.41) is 0. The van der Waals surface area contributed by atoms with Gasteiger partial charge in [0.1, 0.15) is 5.75 Å². The number of aliphatic imine (C=N–C) groups is 1. The van der Waals surface area contributed by atoms with Gasteiger partial charge in [-0.3, -0.25) is 4.79 Å². The molecule has 0 aromatic heterocycles. The van der Waals surface area contributed by atoms with Crippen molar-refractivity contribution in [1.82, 2.24) is 0 Å². The van der Waals surface area contributed by atoms with Gasteiger partial charge in [-0.25, -0.2) is 9.79 Å². The van der Waals surface area contributed by atoms with Crippen LogP contribution in [0.25, 0.3) is 6.08 Å². The Kier molecular flexibility index (Phi) is 5.31. The summed E-state index contributed by atoms with van der Waals surface area (Å²) in [6.45, 7) is 6.23. The fraction of sp³-hybridized carbons (Fsp3) is 0.227. The normalized spacial score (nSPS) is 15.3. The van der Waals surface area contributed by atoms with Crippen LogP contribution in [0.5, 0.6) is 5.75 Å². The first kappa shape index (κ1) is 19.4. The first-order chi connectivity index (χ1) is 13.2. The summed E-state index contributed by atoms with van der Waals surface area (Å²) in [6.07, 6.45) is 1.64. The number of hydrogen-bond donors (Lipinski definition) is 1. The maximum atomic E-state index is 12.2. The summed E-state index contributed by atoms with van der Waals surface area (Å²) >= 11 is 0. The van der Waals surface area contributed by atoms with Gasteiger partial charge in [0.15, 0.2) is 12.3 Å². The van der Waals surface area contributed by atoms with Crippen LogP contribution in [0.15, 0.2) is 59.2 Å². The van der Waals surface area contributed by atoms with Gasteiger partial charge in [0.25, 0.3) is 5.91 Å². The van der Waals surface area contributed by atoms with Gasteiger partial charge < -0.3 is 15.2 Å². The topological polar surface area (TPSA) is 91.0 Å². The molecule has 1 aliphatic rings. The minimum Gasteiger partial charge on any atom is -0.484 e. The molecule has 3 rings (SSSR count). The number of hydrogen-bond acceptors (Lipinski definition) is 5. The van der Waals surface area contributed by atoms with E-state index in [0.29, 0.717) is 5.75 Å². The number of nitrogens with zero attached hydrogens (tertiary/aromatic N) is 1. The zero-order valence-electron chi connectivity index (χ0n) is 16.1. The number of ether oxygens (including phenoxy) is 2. The first-order valence-electron chi connectivity index (χ1n) is 8.87. The van der Waals surface area contributed by atoms with Crippen molar-refractivity contribution in [3.63, 3.8) is 0 Å². The summed E-state index contributed by atoms with van der Waals surface area (Å²) in [5.74, 6) is -0.238. The minimum absolute atomic E-state index is 0.0467. The second-order valence-corrected chi connectivity index (χ2v) is 7.49. The molecule has 2 aromatic rings. The zero-order valence-corrected chi connectivity index (χ0v) is 16.1. The second kappa shape index (κ2) is 7.68. The highest BCUT2D eigenvalue weighted by atomic mass is 16.6. The van der Waals surface area contributed by atoms with E-state index in [0.717, 1.165) is 11.1 Å². The van der Waals surface area contributed by atoms with E-state index in [-0.39, 0.29) is 23.6 Å². The molecule has 1 heterocycles. The lowest BCUT2D eigenvalue weighted by atomic mass is 9.87. The van der Waals surface area contributed by atoms with E-state index in [1.807, 2.05) is 24.3 Å². The van der Waals surface area contributed by atoms with Crippen LogP contribution in [0.4, 0.5) is 0 Å². The van der Waals surface area contributed by atoms with Gasteiger partial charge in [0, 0.05) is 5.56 Å². The molecule has 0 unspecified atom stereocenters. The summed E-state index contributed by atoms with van der Waals surface area (Å²) in [4.78, 5) is 27.2. The highest BCUT2D eigenvalue weighted by molar-refractivity contribution is 6.12. The third-order valence-electron chi connectivity index (χ3n) is 4.18. The average Bonchev–Trinajstić information content (AvgIpc) is 3.01. The van der Waals surface area contributed by atoms with Crippen LogP contribution in [-0.2, 0) is 19.7 Å². The minimum atomic E-state index is -0.544. The van der Waals surface area contributed by atoms with Gasteiger partial charge in [-0.1, -0.05) is 45.0 Å².